The highest BCUT2D eigenvalue weighted by Crippen LogP contribution is 2.33. The second-order valence-electron chi connectivity index (χ2n) is 7.32. The van der Waals surface area contributed by atoms with Gasteiger partial charge in [0.2, 0.25) is 0 Å². The Hall–Kier alpha value is -2.95. The lowest BCUT2D eigenvalue weighted by atomic mass is 10.2. The monoisotopic (exact) mass is 429 g/mol. The molecular formula is C19H23N7O3S. The van der Waals surface area contributed by atoms with Gasteiger partial charge in [-0.1, -0.05) is 24.6 Å². The van der Waals surface area contributed by atoms with Crippen molar-refractivity contribution in [3.05, 3.63) is 44.8 Å². The van der Waals surface area contributed by atoms with Crippen LogP contribution in [0.2, 0.25) is 0 Å². The first-order valence-corrected chi connectivity index (χ1v) is 11.2. The lowest BCUT2D eigenvalue weighted by Crippen LogP contribution is -2.13. The molecule has 0 radical (unpaired) electrons. The molecule has 2 heterocycles. The lowest BCUT2D eigenvalue weighted by Gasteiger charge is -2.16. The van der Waals surface area contributed by atoms with Gasteiger partial charge in [-0.2, -0.15) is 0 Å². The van der Waals surface area contributed by atoms with E-state index in [9.17, 15) is 14.9 Å². The van der Waals surface area contributed by atoms with Gasteiger partial charge < -0.3 is 14.9 Å². The molecule has 1 aliphatic rings. The number of H-pyrrole nitrogens is 1. The van der Waals surface area contributed by atoms with E-state index in [1.807, 2.05) is 6.26 Å². The van der Waals surface area contributed by atoms with Gasteiger partial charge in [0.1, 0.15) is 11.5 Å². The van der Waals surface area contributed by atoms with E-state index < -0.39 is 10.5 Å². The van der Waals surface area contributed by atoms with Crippen LogP contribution in [0.1, 0.15) is 44.0 Å². The highest BCUT2D eigenvalue weighted by Gasteiger charge is 2.23. The van der Waals surface area contributed by atoms with Crippen molar-refractivity contribution in [1.29, 1.82) is 0 Å². The van der Waals surface area contributed by atoms with Crippen molar-refractivity contribution in [2.24, 2.45) is 0 Å². The van der Waals surface area contributed by atoms with Crippen molar-refractivity contribution < 1.29 is 4.92 Å². The number of hydrogen-bond donors (Lipinski definition) is 2. The predicted octanol–water partition coefficient (Wildman–Crippen LogP) is 3.30. The summed E-state index contributed by atoms with van der Waals surface area (Å²) >= 11 is 1.61. The van der Waals surface area contributed by atoms with Crippen LogP contribution in [-0.2, 0) is 6.42 Å². The lowest BCUT2D eigenvalue weighted by molar-refractivity contribution is -0.383. The number of nitro benzene ring substituents is 1. The minimum atomic E-state index is -0.490. The number of benzene rings is 1. The summed E-state index contributed by atoms with van der Waals surface area (Å²) in [5.41, 5.74) is 0.232. The van der Waals surface area contributed by atoms with Crippen molar-refractivity contribution in [3.8, 4) is 0 Å². The maximum atomic E-state index is 11.9. The summed E-state index contributed by atoms with van der Waals surface area (Å²) in [6, 6.07) is 3.29. The van der Waals surface area contributed by atoms with Crippen molar-refractivity contribution in [1.82, 2.24) is 24.7 Å². The van der Waals surface area contributed by atoms with E-state index in [0.29, 0.717) is 23.8 Å². The molecule has 158 valence electrons. The summed E-state index contributed by atoms with van der Waals surface area (Å²) in [4.78, 5) is 29.4. The fourth-order valence-corrected chi connectivity index (χ4v) is 4.59. The first-order chi connectivity index (χ1) is 14.6. The highest BCUT2D eigenvalue weighted by atomic mass is 32.2. The van der Waals surface area contributed by atoms with Gasteiger partial charge in [0.15, 0.2) is 5.16 Å². The molecular weight excluding hydrogens is 406 g/mol. The Morgan fingerprint density at radius 1 is 1.33 bits per heavy atom. The highest BCUT2D eigenvalue weighted by molar-refractivity contribution is 7.98. The van der Waals surface area contributed by atoms with Gasteiger partial charge in [0.25, 0.3) is 11.2 Å². The van der Waals surface area contributed by atoms with Crippen LogP contribution >= 0.6 is 11.8 Å². The third-order valence-corrected chi connectivity index (χ3v) is 6.10. The van der Waals surface area contributed by atoms with E-state index in [-0.39, 0.29) is 11.1 Å². The number of aryl methyl sites for hydroxylation is 1. The molecule has 1 aliphatic carbocycles. The maximum Gasteiger partial charge on any atom is 0.293 e. The van der Waals surface area contributed by atoms with Crippen molar-refractivity contribution in [2.75, 3.05) is 18.1 Å². The molecule has 1 saturated carbocycles. The number of hydrogen-bond acceptors (Lipinski definition) is 8. The van der Waals surface area contributed by atoms with E-state index in [4.69, 9.17) is 0 Å². The van der Waals surface area contributed by atoms with E-state index in [1.165, 1.54) is 25.2 Å². The summed E-state index contributed by atoms with van der Waals surface area (Å²) in [6.45, 7) is 0.529. The largest absolute Gasteiger partial charge is 0.379 e. The minimum absolute atomic E-state index is 0.139. The number of nitro groups is 1. The van der Waals surface area contributed by atoms with Gasteiger partial charge in [-0.25, -0.2) is 4.98 Å². The normalized spacial score (nSPS) is 14.4. The number of aromatic nitrogens is 5. The SMILES string of the molecule is CSc1nnc(CCCNc2cc3nc[nH]c(=O)c3cc2[N+](=O)[O-])n1C1CCCC1. The van der Waals surface area contributed by atoms with Crippen LogP contribution in [0.15, 0.2) is 28.4 Å². The molecule has 0 aliphatic heterocycles. The number of nitrogens with zero attached hydrogens (tertiary/aromatic N) is 5. The molecule has 0 atom stereocenters. The Bertz CT molecular complexity index is 1120. The molecule has 3 aromatic rings. The first-order valence-electron chi connectivity index (χ1n) is 9.96. The summed E-state index contributed by atoms with van der Waals surface area (Å²) < 4.78 is 2.27. The van der Waals surface area contributed by atoms with Gasteiger partial charge in [0.05, 0.1) is 22.2 Å². The Balaban J connectivity index is 1.47. The molecule has 1 fully saturated rings. The molecule has 2 aromatic heterocycles. The van der Waals surface area contributed by atoms with Gasteiger partial charge in [-0.15, -0.1) is 10.2 Å². The Morgan fingerprint density at radius 2 is 2.13 bits per heavy atom. The van der Waals surface area contributed by atoms with Crippen LogP contribution in [0, 0.1) is 10.1 Å². The smallest absolute Gasteiger partial charge is 0.293 e. The fourth-order valence-electron chi connectivity index (χ4n) is 4.01. The molecule has 11 heteroatoms. The van der Waals surface area contributed by atoms with E-state index in [2.05, 4.69) is 30.0 Å². The molecule has 0 bridgehead atoms. The molecule has 1 aromatic carbocycles. The van der Waals surface area contributed by atoms with E-state index >= 15 is 0 Å². The molecule has 2 N–H and O–H groups in total. The van der Waals surface area contributed by atoms with E-state index in [1.54, 1.807) is 17.8 Å². The molecule has 4 rings (SSSR count). The van der Waals surface area contributed by atoms with Crippen molar-refractivity contribution in [2.45, 2.75) is 49.7 Å². The van der Waals surface area contributed by atoms with Gasteiger partial charge >= 0.3 is 0 Å². The molecule has 30 heavy (non-hydrogen) atoms. The number of aromatic amines is 1. The zero-order valence-corrected chi connectivity index (χ0v) is 17.4. The molecule has 0 spiro atoms. The number of nitrogens with one attached hydrogen (secondary N) is 2. The third kappa shape index (κ3) is 4.02. The third-order valence-electron chi connectivity index (χ3n) is 5.45. The van der Waals surface area contributed by atoms with Crippen molar-refractivity contribution in [3.63, 3.8) is 0 Å². The fraction of sp³-hybridized carbons (Fsp3) is 0.474. The van der Waals surface area contributed by atoms with Gasteiger partial charge in [0, 0.05) is 25.1 Å². The van der Waals surface area contributed by atoms with Crippen LogP contribution in [0.25, 0.3) is 10.9 Å². The summed E-state index contributed by atoms with van der Waals surface area (Å²) in [7, 11) is 0. The van der Waals surface area contributed by atoms with Gasteiger partial charge in [-0.3, -0.25) is 14.9 Å². The number of thioether (sulfide) groups is 1. The van der Waals surface area contributed by atoms with Crippen molar-refractivity contribution >= 4 is 34.0 Å². The topological polar surface area (TPSA) is 132 Å². The Kier molecular flexibility index (Phi) is 5.98. The molecule has 10 nitrogen and oxygen atoms in total. The Labute approximate surface area is 176 Å². The molecule has 0 amide bonds. The molecule has 0 saturated heterocycles. The van der Waals surface area contributed by atoms with Gasteiger partial charge in [-0.05, 0) is 31.6 Å². The van der Waals surface area contributed by atoms with Crippen LogP contribution < -0.4 is 10.9 Å². The van der Waals surface area contributed by atoms with Crippen LogP contribution in [0.5, 0.6) is 0 Å². The van der Waals surface area contributed by atoms with Crippen LogP contribution in [-0.4, -0.2) is 42.5 Å². The summed E-state index contributed by atoms with van der Waals surface area (Å²) in [5, 5.41) is 24.4. The quantitative estimate of drug-likeness (QED) is 0.241. The Morgan fingerprint density at radius 3 is 2.87 bits per heavy atom. The second kappa shape index (κ2) is 8.82. The zero-order chi connectivity index (χ0) is 21.1. The maximum absolute atomic E-state index is 11.9. The standard InChI is InChI=1S/C19H23N7O3S/c1-30-19-24-23-17(25(19)12-5-2-3-6-12)7-4-8-20-15-10-14-13(9-16(15)26(28)29)18(27)22-11-21-14/h9-12,20H,2-8H2,1H3,(H,21,22,27). The zero-order valence-electron chi connectivity index (χ0n) is 16.6. The first kappa shape index (κ1) is 20.3. The number of fused-ring (bicyclic) bond motifs is 1. The second-order valence-corrected chi connectivity index (χ2v) is 8.09. The number of anilines is 1. The molecule has 0 unspecified atom stereocenters. The van der Waals surface area contributed by atoms with E-state index in [0.717, 1.165) is 36.7 Å². The summed E-state index contributed by atoms with van der Waals surface area (Å²) in [6.07, 6.45) is 9.57. The average Bonchev–Trinajstić information content (AvgIpc) is 3.40. The van der Waals surface area contributed by atoms with Crippen LogP contribution in [0.4, 0.5) is 11.4 Å². The minimum Gasteiger partial charge on any atom is -0.379 e. The number of rotatable bonds is 8. The average molecular weight is 430 g/mol. The van der Waals surface area contributed by atoms with Crippen LogP contribution in [0.3, 0.4) is 0 Å². The summed E-state index contributed by atoms with van der Waals surface area (Å²) in [5.74, 6) is 0.967. The predicted molar refractivity (Wildman–Crippen MR) is 115 cm³/mol.